The van der Waals surface area contributed by atoms with E-state index in [1.807, 2.05) is 6.92 Å². The van der Waals surface area contributed by atoms with Crippen LogP contribution in [0.4, 0.5) is 0 Å². The summed E-state index contributed by atoms with van der Waals surface area (Å²) in [5, 5.41) is 0. The first-order chi connectivity index (χ1) is 14.8. The minimum Gasteiger partial charge on any atom is -0.366 e. The Balaban J connectivity index is 2.04. The third-order valence-corrected chi connectivity index (χ3v) is 8.83. The molecular weight excluding hydrogens is 454 g/mol. The molecule has 1 aliphatic heterocycles. The molecule has 2 heterocycles. The van der Waals surface area contributed by atoms with Gasteiger partial charge in [0.25, 0.3) is 0 Å². The molecule has 9 nitrogen and oxygen atoms in total. The molecule has 1 aromatic heterocycles. The Kier molecular flexibility index (Phi) is 5.09. The third kappa shape index (κ3) is 3.75. The van der Waals surface area contributed by atoms with Gasteiger partial charge in [-0.15, -0.1) is 0 Å². The molecule has 0 radical (unpaired) electrons. The Hall–Kier alpha value is -2.92. The number of fused-ring (bicyclic) bond motifs is 1. The van der Waals surface area contributed by atoms with E-state index in [0.29, 0.717) is 16.7 Å². The van der Waals surface area contributed by atoms with Gasteiger partial charge in [-0.1, -0.05) is 6.07 Å². The van der Waals surface area contributed by atoms with E-state index in [4.69, 9.17) is 5.73 Å². The minimum atomic E-state index is -3.51. The molecule has 2 aromatic carbocycles. The first-order valence-corrected chi connectivity index (χ1v) is 13.6. The van der Waals surface area contributed by atoms with Gasteiger partial charge in [-0.05, 0) is 56.2 Å². The number of carbonyl (C=O) groups excluding carboxylic acids is 1. The van der Waals surface area contributed by atoms with Gasteiger partial charge in [0.2, 0.25) is 5.91 Å². The summed E-state index contributed by atoms with van der Waals surface area (Å²) in [6.07, 6.45) is 1.55. The fourth-order valence-corrected chi connectivity index (χ4v) is 6.54. The molecule has 4 rings (SSSR count). The molecule has 1 amide bonds. The van der Waals surface area contributed by atoms with E-state index in [1.54, 1.807) is 18.2 Å². The number of hydrogen-bond acceptors (Lipinski definition) is 6. The molecule has 3 aromatic rings. The molecule has 0 saturated carbocycles. The van der Waals surface area contributed by atoms with Gasteiger partial charge in [-0.25, -0.2) is 21.6 Å². The molecule has 11 heteroatoms. The Bertz CT molecular complexity index is 1520. The summed E-state index contributed by atoms with van der Waals surface area (Å²) >= 11 is 0. The number of amides is 1. The predicted molar refractivity (Wildman–Crippen MR) is 121 cm³/mol. The molecule has 0 unspecified atom stereocenters. The highest BCUT2D eigenvalue weighted by Gasteiger charge is 2.38. The summed E-state index contributed by atoms with van der Waals surface area (Å²) in [6.45, 7) is 1.82. The second kappa shape index (κ2) is 7.31. The normalized spacial score (nSPS) is 17.9. The molecule has 32 heavy (non-hydrogen) atoms. The highest BCUT2D eigenvalue weighted by molar-refractivity contribution is 7.91. The number of aromatic nitrogens is 2. The molecule has 1 saturated heterocycles. The highest BCUT2D eigenvalue weighted by atomic mass is 32.2. The first kappa shape index (κ1) is 22.3. The lowest BCUT2D eigenvalue weighted by Gasteiger charge is -2.34. The van der Waals surface area contributed by atoms with Crippen molar-refractivity contribution in [3.05, 3.63) is 58.5 Å². The largest absolute Gasteiger partial charge is 0.366 e. The number of nitrogens with zero attached hydrogens (tertiary/aromatic N) is 2. The minimum absolute atomic E-state index is 0.0539. The number of carbonyl (C=O) groups is 1. The number of sulfone groups is 2. The molecule has 0 bridgehead atoms. The maximum Gasteiger partial charge on any atom is 0.334 e. The van der Waals surface area contributed by atoms with Crippen molar-refractivity contribution in [2.24, 2.45) is 5.73 Å². The van der Waals surface area contributed by atoms with Crippen LogP contribution in [0.1, 0.15) is 30.1 Å². The molecule has 0 aliphatic carbocycles. The zero-order chi connectivity index (χ0) is 23.5. The average molecular weight is 478 g/mol. The van der Waals surface area contributed by atoms with Crippen LogP contribution in [0.15, 0.2) is 52.2 Å². The fraction of sp³-hybridized carbons (Fsp3) is 0.333. The Morgan fingerprint density at radius 3 is 2.31 bits per heavy atom. The van der Waals surface area contributed by atoms with Gasteiger partial charge in [0.15, 0.2) is 9.84 Å². The fourth-order valence-electron chi connectivity index (χ4n) is 4.18. The van der Waals surface area contributed by atoms with Crippen LogP contribution in [0.2, 0.25) is 0 Å². The van der Waals surface area contributed by atoms with E-state index in [0.717, 1.165) is 6.26 Å². The lowest BCUT2D eigenvalue weighted by Crippen LogP contribution is -2.44. The number of hydrogen-bond donors (Lipinski definition) is 1. The summed E-state index contributed by atoms with van der Waals surface area (Å²) in [5.41, 5.74) is 5.63. The van der Waals surface area contributed by atoms with Crippen molar-refractivity contribution in [3.63, 3.8) is 0 Å². The molecule has 0 spiro atoms. The highest BCUT2D eigenvalue weighted by Crippen LogP contribution is 2.34. The second-order valence-corrected chi connectivity index (χ2v) is 12.8. The SMILES string of the molecule is CC1(n2c(=O)n(-c3cccc(S(C)(=O)=O)c3)c3ccc(C(N)=O)cc32)CCS(=O)(=O)CC1. The topological polar surface area (TPSA) is 138 Å². The van der Waals surface area contributed by atoms with Crippen LogP contribution in [-0.4, -0.2) is 49.6 Å². The quantitative estimate of drug-likeness (QED) is 0.599. The van der Waals surface area contributed by atoms with Crippen LogP contribution < -0.4 is 11.4 Å². The second-order valence-electron chi connectivity index (χ2n) is 8.44. The predicted octanol–water partition coefficient (Wildman–Crippen LogP) is 1.22. The van der Waals surface area contributed by atoms with Crippen LogP contribution in [-0.2, 0) is 25.2 Å². The van der Waals surface area contributed by atoms with Crippen LogP contribution in [0, 0.1) is 0 Å². The maximum absolute atomic E-state index is 13.7. The van der Waals surface area contributed by atoms with Crippen molar-refractivity contribution in [1.82, 2.24) is 9.13 Å². The summed E-state index contributed by atoms with van der Waals surface area (Å²) < 4.78 is 51.0. The number of rotatable bonds is 4. The van der Waals surface area contributed by atoms with Crippen LogP contribution >= 0.6 is 0 Å². The number of imidazole rings is 1. The standard InChI is InChI=1S/C21H23N3O6S2/c1-21(8-10-32(29,30)11-9-21)24-18-12-14(19(22)25)6-7-17(18)23(20(24)26)15-4-3-5-16(13-15)31(2,27)28/h3-7,12-13H,8-11H2,1-2H3,(H2,22,25). The van der Waals surface area contributed by atoms with Crippen LogP contribution in [0.3, 0.4) is 0 Å². The molecular formula is C21H23N3O6S2. The summed E-state index contributed by atoms with van der Waals surface area (Å²) in [4.78, 5) is 25.6. The van der Waals surface area contributed by atoms with Crippen LogP contribution in [0.25, 0.3) is 16.7 Å². The molecule has 1 fully saturated rings. The lowest BCUT2D eigenvalue weighted by molar-refractivity contribution is 0.100. The van der Waals surface area contributed by atoms with E-state index in [9.17, 15) is 26.4 Å². The van der Waals surface area contributed by atoms with E-state index in [1.165, 1.54) is 33.4 Å². The smallest absolute Gasteiger partial charge is 0.334 e. The van der Waals surface area contributed by atoms with Gasteiger partial charge >= 0.3 is 5.69 Å². The average Bonchev–Trinajstić information content (AvgIpc) is 3.01. The monoisotopic (exact) mass is 477 g/mol. The van der Waals surface area contributed by atoms with Gasteiger partial charge in [0.05, 0.1) is 33.1 Å². The lowest BCUT2D eigenvalue weighted by atomic mass is 9.94. The van der Waals surface area contributed by atoms with Gasteiger partial charge in [-0.3, -0.25) is 13.9 Å². The Morgan fingerprint density at radius 2 is 1.72 bits per heavy atom. The molecule has 170 valence electrons. The molecule has 0 atom stereocenters. The van der Waals surface area contributed by atoms with Crippen LogP contribution in [0.5, 0.6) is 0 Å². The zero-order valence-corrected chi connectivity index (χ0v) is 19.2. The van der Waals surface area contributed by atoms with Gasteiger partial charge < -0.3 is 5.73 Å². The Labute approximate surface area is 185 Å². The maximum atomic E-state index is 13.7. The summed E-state index contributed by atoms with van der Waals surface area (Å²) in [6, 6.07) is 10.6. The van der Waals surface area contributed by atoms with Crippen molar-refractivity contribution in [2.45, 2.75) is 30.2 Å². The van der Waals surface area contributed by atoms with E-state index in [2.05, 4.69) is 0 Å². The number of benzene rings is 2. The van der Waals surface area contributed by atoms with Gasteiger partial charge in [0.1, 0.15) is 9.84 Å². The van der Waals surface area contributed by atoms with E-state index >= 15 is 0 Å². The molecule has 1 aliphatic rings. The molecule has 2 N–H and O–H groups in total. The van der Waals surface area contributed by atoms with E-state index < -0.39 is 36.8 Å². The Morgan fingerprint density at radius 1 is 1.06 bits per heavy atom. The summed E-state index contributed by atoms with van der Waals surface area (Å²) in [7, 11) is -6.69. The summed E-state index contributed by atoms with van der Waals surface area (Å²) in [5.74, 6) is -0.766. The van der Waals surface area contributed by atoms with Crippen molar-refractivity contribution in [2.75, 3.05) is 17.8 Å². The van der Waals surface area contributed by atoms with Gasteiger partial charge in [-0.2, -0.15) is 0 Å². The van der Waals surface area contributed by atoms with Crippen molar-refractivity contribution >= 4 is 36.6 Å². The van der Waals surface area contributed by atoms with Crippen molar-refractivity contribution < 1.29 is 21.6 Å². The number of nitrogens with two attached hydrogens (primary N) is 1. The van der Waals surface area contributed by atoms with Crippen molar-refractivity contribution in [3.8, 4) is 5.69 Å². The number of primary amides is 1. The first-order valence-electron chi connectivity index (χ1n) is 9.91. The van der Waals surface area contributed by atoms with E-state index in [-0.39, 0.29) is 34.8 Å². The van der Waals surface area contributed by atoms with Gasteiger partial charge in [0, 0.05) is 17.4 Å². The third-order valence-electron chi connectivity index (χ3n) is 6.07. The zero-order valence-electron chi connectivity index (χ0n) is 17.6. The van der Waals surface area contributed by atoms with Crippen molar-refractivity contribution in [1.29, 1.82) is 0 Å².